The van der Waals surface area contributed by atoms with Crippen molar-refractivity contribution in [2.75, 3.05) is 18.1 Å². The van der Waals surface area contributed by atoms with Gasteiger partial charge in [-0.05, 0) is 31.0 Å². The SMILES string of the molecule is Nc1ccc2oc(S(=O)CC3CCCO3)nc2c1. The summed E-state index contributed by atoms with van der Waals surface area (Å²) >= 11 is 0. The molecule has 1 fully saturated rings. The monoisotopic (exact) mass is 266 g/mol. The number of aromatic nitrogens is 1. The first kappa shape index (κ1) is 11.7. The first-order valence-corrected chi connectivity index (χ1v) is 7.20. The van der Waals surface area contributed by atoms with Crippen LogP contribution in [-0.4, -0.2) is 27.7 Å². The number of hydrogen-bond acceptors (Lipinski definition) is 5. The fraction of sp³-hybridized carbons (Fsp3) is 0.417. The molecule has 0 bridgehead atoms. The Balaban J connectivity index is 1.82. The van der Waals surface area contributed by atoms with E-state index in [1.54, 1.807) is 18.2 Å². The van der Waals surface area contributed by atoms with Gasteiger partial charge in [0, 0.05) is 12.3 Å². The molecule has 1 aliphatic rings. The molecule has 5 nitrogen and oxygen atoms in total. The summed E-state index contributed by atoms with van der Waals surface area (Å²) in [6.07, 6.45) is 2.05. The van der Waals surface area contributed by atoms with E-state index in [-0.39, 0.29) is 11.3 Å². The van der Waals surface area contributed by atoms with E-state index in [0.717, 1.165) is 19.4 Å². The molecule has 1 aliphatic heterocycles. The number of nitrogens with two attached hydrogens (primary N) is 1. The summed E-state index contributed by atoms with van der Waals surface area (Å²) in [4.78, 5) is 4.21. The molecular weight excluding hydrogens is 252 g/mol. The quantitative estimate of drug-likeness (QED) is 0.855. The van der Waals surface area contributed by atoms with Gasteiger partial charge in [0.2, 0.25) is 0 Å². The van der Waals surface area contributed by atoms with Crippen LogP contribution in [0.2, 0.25) is 0 Å². The van der Waals surface area contributed by atoms with Gasteiger partial charge in [0.05, 0.1) is 11.9 Å². The van der Waals surface area contributed by atoms with E-state index >= 15 is 0 Å². The average Bonchev–Trinajstić information content (AvgIpc) is 2.96. The number of hydrogen-bond donors (Lipinski definition) is 1. The number of rotatable bonds is 3. The predicted molar refractivity (Wildman–Crippen MR) is 68.7 cm³/mol. The van der Waals surface area contributed by atoms with Crippen LogP contribution >= 0.6 is 0 Å². The summed E-state index contributed by atoms with van der Waals surface area (Å²) in [5, 5.41) is 0.256. The second kappa shape index (κ2) is 4.70. The van der Waals surface area contributed by atoms with Gasteiger partial charge in [-0.2, -0.15) is 0 Å². The third-order valence-corrected chi connectivity index (χ3v) is 4.19. The van der Waals surface area contributed by atoms with Crippen LogP contribution in [0.25, 0.3) is 11.1 Å². The minimum atomic E-state index is -1.26. The van der Waals surface area contributed by atoms with Gasteiger partial charge < -0.3 is 14.9 Å². The summed E-state index contributed by atoms with van der Waals surface area (Å²) in [5.74, 6) is 0.447. The molecule has 0 spiro atoms. The maximum Gasteiger partial charge on any atom is 0.288 e. The van der Waals surface area contributed by atoms with Gasteiger partial charge in [-0.1, -0.05) is 0 Å². The maximum absolute atomic E-state index is 12.1. The van der Waals surface area contributed by atoms with Crippen LogP contribution in [0.3, 0.4) is 0 Å². The fourth-order valence-electron chi connectivity index (χ4n) is 2.04. The van der Waals surface area contributed by atoms with Gasteiger partial charge in [0.25, 0.3) is 5.22 Å². The molecule has 18 heavy (non-hydrogen) atoms. The number of nitrogens with zero attached hydrogens (tertiary/aromatic N) is 1. The minimum absolute atomic E-state index is 0.0610. The van der Waals surface area contributed by atoms with Gasteiger partial charge >= 0.3 is 0 Å². The second-order valence-corrected chi connectivity index (χ2v) is 5.73. The van der Waals surface area contributed by atoms with Gasteiger partial charge in [-0.3, -0.25) is 0 Å². The Morgan fingerprint density at radius 2 is 2.39 bits per heavy atom. The number of fused-ring (bicyclic) bond motifs is 1. The standard InChI is InChI=1S/C12H14N2O3S/c13-8-3-4-11-10(6-8)14-12(17-11)18(15)7-9-2-1-5-16-9/h3-4,6,9H,1-2,5,7,13H2. The summed E-state index contributed by atoms with van der Waals surface area (Å²) in [6.45, 7) is 0.756. The van der Waals surface area contributed by atoms with Crippen molar-refractivity contribution in [1.82, 2.24) is 4.98 Å². The predicted octanol–water partition coefficient (Wildman–Crippen LogP) is 1.70. The van der Waals surface area contributed by atoms with Crippen molar-refractivity contribution in [1.29, 1.82) is 0 Å². The van der Waals surface area contributed by atoms with Crippen molar-refractivity contribution in [3.8, 4) is 0 Å². The first-order valence-electron chi connectivity index (χ1n) is 5.88. The molecule has 1 aromatic carbocycles. The Hall–Kier alpha value is -1.40. The zero-order chi connectivity index (χ0) is 12.5. The van der Waals surface area contributed by atoms with Crippen LogP contribution < -0.4 is 5.73 Å². The van der Waals surface area contributed by atoms with E-state index in [2.05, 4.69) is 4.98 Å². The molecule has 6 heteroatoms. The van der Waals surface area contributed by atoms with E-state index in [1.807, 2.05) is 0 Å². The topological polar surface area (TPSA) is 78.3 Å². The van der Waals surface area contributed by atoms with Gasteiger partial charge in [0.1, 0.15) is 16.3 Å². The lowest BCUT2D eigenvalue weighted by Crippen LogP contribution is -2.15. The van der Waals surface area contributed by atoms with Crippen LogP contribution in [-0.2, 0) is 15.5 Å². The molecule has 1 saturated heterocycles. The van der Waals surface area contributed by atoms with E-state index in [1.165, 1.54) is 0 Å². The highest BCUT2D eigenvalue weighted by atomic mass is 32.2. The highest BCUT2D eigenvalue weighted by Crippen LogP contribution is 2.22. The molecule has 96 valence electrons. The number of benzene rings is 1. The van der Waals surface area contributed by atoms with Crippen molar-refractivity contribution >= 4 is 27.6 Å². The van der Waals surface area contributed by atoms with E-state index in [9.17, 15) is 4.21 Å². The molecule has 0 amide bonds. The third kappa shape index (κ3) is 2.26. The first-order chi connectivity index (χ1) is 8.72. The highest BCUT2D eigenvalue weighted by Gasteiger charge is 2.22. The Bertz CT molecular complexity index is 590. The molecular formula is C12H14N2O3S. The van der Waals surface area contributed by atoms with E-state index in [0.29, 0.717) is 22.5 Å². The average molecular weight is 266 g/mol. The normalized spacial score (nSPS) is 21.4. The number of anilines is 1. The van der Waals surface area contributed by atoms with Gasteiger partial charge in [-0.25, -0.2) is 9.19 Å². The number of oxazole rings is 1. The largest absolute Gasteiger partial charge is 0.430 e. The molecule has 0 aliphatic carbocycles. The lowest BCUT2D eigenvalue weighted by Gasteiger charge is -2.05. The summed E-state index contributed by atoms with van der Waals surface area (Å²) in [6, 6.07) is 5.19. The molecule has 2 unspecified atom stereocenters. The van der Waals surface area contributed by atoms with Crippen molar-refractivity contribution in [3.05, 3.63) is 18.2 Å². The van der Waals surface area contributed by atoms with Crippen molar-refractivity contribution in [2.24, 2.45) is 0 Å². The van der Waals surface area contributed by atoms with Gasteiger partial charge in [0.15, 0.2) is 5.58 Å². The van der Waals surface area contributed by atoms with Gasteiger partial charge in [-0.15, -0.1) is 0 Å². The molecule has 2 N–H and O–H groups in total. The van der Waals surface area contributed by atoms with Crippen LogP contribution in [0.15, 0.2) is 27.8 Å². The fourth-order valence-corrected chi connectivity index (χ4v) is 3.16. The second-order valence-electron chi connectivity index (χ2n) is 4.35. The smallest absolute Gasteiger partial charge is 0.288 e. The Kier molecular flexibility index (Phi) is 3.05. The van der Waals surface area contributed by atoms with Crippen molar-refractivity contribution in [3.63, 3.8) is 0 Å². The molecule has 0 saturated carbocycles. The minimum Gasteiger partial charge on any atom is -0.430 e. The summed E-state index contributed by atoms with van der Waals surface area (Å²) < 4.78 is 23.0. The number of ether oxygens (including phenoxy) is 1. The zero-order valence-electron chi connectivity index (χ0n) is 9.80. The van der Waals surface area contributed by atoms with Crippen LogP contribution in [0, 0.1) is 0 Å². The zero-order valence-corrected chi connectivity index (χ0v) is 10.6. The molecule has 3 rings (SSSR count). The molecule has 2 heterocycles. The van der Waals surface area contributed by atoms with Crippen LogP contribution in [0.4, 0.5) is 5.69 Å². The lowest BCUT2D eigenvalue weighted by atomic mass is 10.3. The van der Waals surface area contributed by atoms with Crippen LogP contribution in [0.5, 0.6) is 0 Å². The van der Waals surface area contributed by atoms with E-state index in [4.69, 9.17) is 14.9 Å². The van der Waals surface area contributed by atoms with Crippen molar-refractivity contribution in [2.45, 2.75) is 24.2 Å². The summed E-state index contributed by atoms with van der Waals surface area (Å²) in [7, 11) is -1.26. The third-order valence-electron chi connectivity index (χ3n) is 2.95. The Morgan fingerprint density at radius 1 is 1.50 bits per heavy atom. The Morgan fingerprint density at radius 3 is 3.17 bits per heavy atom. The summed E-state index contributed by atoms with van der Waals surface area (Å²) in [5.41, 5.74) is 7.54. The number of nitrogen functional groups attached to an aromatic ring is 1. The molecule has 2 aromatic rings. The molecule has 1 aromatic heterocycles. The highest BCUT2D eigenvalue weighted by molar-refractivity contribution is 7.84. The van der Waals surface area contributed by atoms with Crippen LogP contribution in [0.1, 0.15) is 12.8 Å². The molecule has 2 atom stereocenters. The Labute approximate surface area is 107 Å². The molecule has 0 radical (unpaired) electrons. The van der Waals surface area contributed by atoms with E-state index < -0.39 is 10.8 Å². The van der Waals surface area contributed by atoms with Crippen molar-refractivity contribution < 1.29 is 13.4 Å². The maximum atomic E-state index is 12.1. The lowest BCUT2D eigenvalue weighted by molar-refractivity contribution is 0.128.